The number of anilines is 1. The van der Waals surface area contributed by atoms with E-state index in [-0.39, 0.29) is 18.2 Å². The fraction of sp³-hybridized carbons (Fsp3) is 0.500. The third-order valence-electron chi connectivity index (χ3n) is 5.73. The normalized spacial score (nSPS) is 23.8. The number of nitrogens with zero attached hydrogens (tertiary/aromatic N) is 3. The maximum absolute atomic E-state index is 12.6. The van der Waals surface area contributed by atoms with E-state index in [1.165, 1.54) is 17.8 Å². The van der Waals surface area contributed by atoms with Crippen LogP contribution in [0, 0.1) is 11.8 Å². The number of nitrogens with two attached hydrogens (primary N) is 1. The van der Waals surface area contributed by atoms with Crippen molar-refractivity contribution in [1.29, 1.82) is 0 Å². The molecule has 0 aromatic carbocycles. The summed E-state index contributed by atoms with van der Waals surface area (Å²) in [6.07, 6.45) is 2.32. The SMILES string of the molecule is CCc1cc(C2[C@H]3CN(CCO)C[C@@H]23)cc(-c2cnc(N)c(OC(F)F)c2)n1. The molecule has 2 aliphatic rings. The number of alkyl halides is 2. The van der Waals surface area contributed by atoms with Gasteiger partial charge in [0.15, 0.2) is 11.6 Å². The van der Waals surface area contributed by atoms with Gasteiger partial charge in [0, 0.05) is 37.1 Å². The molecule has 2 aromatic rings. The summed E-state index contributed by atoms with van der Waals surface area (Å²) in [6, 6.07) is 5.64. The van der Waals surface area contributed by atoms with Gasteiger partial charge in [0.1, 0.15) is 0 Å². The number of hydrogen-bond acceptors (Lipinski definition) is 6. The van der Waals surface area contributed by atoms with Crippen LogP contribution in [-0.2, 0) is 6.42 Å². The van der Waals surface area contributed by atoms with Crippen molar-refractivity contribution < 1.29 is 18.6 Å². The first-order valence-corrected chi connectivity index (χ1v) is 9.55. The Morgan fingerprint density at radius 2 is 2.04 bits per heavy atom. The van der Waals surface area contributed by atoms with Gasteiger partial charge in [-0.25, -0.2) is 4.98 Å². The molecule has 1 saturated heterocycles. The van der Waals surface area contributed by atoms with Crippen LogP contribution in [0.5, 0.6) is 5.75 Å². The molecule has 150 valence electrons. The number of nitrogen functional groups attached to an aromatic ring is 1. The van der Waals surface area contributed by atoms with Crippen molar-refractivity contribution in [3.8, 4) is 17.0 Å². The van der Waals surface area contributed by atoms with E-state index in [1.807, 2.05) is 13.0 Å². The molecule has 6 nitrogen and oxygen atoms in total. The lowest BCUT2D eigenvalue weighted by Gasteiger charge is -2.18. The van der Waals surface area contributed by atoms with Gasteiger partial charge >= 0.3 is 6.61 Å². The van der Waals surface area contributed by atoms with Crippen molar-refractivity contribution in [3.63, 3.8) is 0 Å². The molecule has 3 N–H and O–H groups in total. The molecule has 3 heterocycles. The number of piperidine rings is 1. The van der Waals surface area contributed by atoms with Crippen molar-refractivity contribution in [2.75, 3.05) is 32.0 Å². The Bertz CT molecular complexity index is 852. The lowest BCUT2D eigenvalue weighted by Crippen LogP contribution is -2.27. The molecule has 8 heteroatoms. The van der Waals surface area contributed by atoms with E-state index in [4.69, 9.17) is 10.8 Å². The van der Waals surface area contributed by atoms with Crippen molar-refractivity contribution in [3.05, 3.63) is 35.7 Å². The molecule has 0 amide bonds. The molecule has 0 radical (unpaired) electrons. The number of aliphatic hydroxyl groups is 1. The van der Waals surface area contributed by atoms with Gasteiger partial charge in [-0.3, -0.25) is 4.98 Å². The van der Waals surface area contributed by atoms with E-state index < -0.39 is 6.61 Å². The van der Waals surface area contributed by atoms with Crippen molar-refractivity contribution in [2.24, 2.45) is 11.8 Å². The summed E-state index contributed by atoms with van der Waals surface area (Å²) in [6.45, 7) is 2.01. The highest BCUT2D eigenvalue weighted by atomic mass is 19.3. The number of aliphatic hydroxyl groups excluding tert-OH is 1. The molecule has 0 bridgehead atoms. The van der Waals surface area contributed by atoms with Gasteiger partial charge < -0.3 is 20.5 Å². The average Bonchev–Trinajstić information content (AvgIpc) is 3.18. The number of aryl methyl sites for hydroxylation is 1. The molecule has 2 fully saturated rings. The minimum Gasteiger partial charge on any atom is -0.431 e. The number of β-amino-alcohol motifs (C(OH)–C–C–N with tert-alkyl or cyclic N) is 1. The van der Waals surface area contributed by atoms with E-state index in [0.717, 1.165) is 31.7 Å². The van der Waals surface area contributed by atoms with Crippen molar-refractivity contribution in [2.45, 2.75) is 25.9 Å². The Labute approximate surface area is 162 Å². The van der Waals surface area contributed by atoms with E-state index in [1.54, 1.807) is 0 Å². The van der Waals surface area contributed by atoms with Crippen molar-refractivity contribution in [1.82, 2.24) is 14.9 Å². The lowest BCUT2D eigenvalue weighted by molar-refractivity contribution is -0.0494. The Morgan fingerprint density at radius 3 is 2.68 bits per heavy atom. The smallest absolute Gasteiger partial charge is 0.387 e. The Kier molecular flexibility index (Phi) is 5.16. The number of aromatic nitrogens is 2. The standard InChI is InChI=1S/C20H24F2N4O2/c1-2-13-5-11(18-14-9-26(3-4-27)10-15(14)18)6-16(25-13)12-7-17(28-20(21)22)19(23)24-8-12/h5-8,14-15,18,20,27H,2-4,9-10H2,1H3,(H2,23,24)/t14-,15+,18?. The maximum atomic E-state index is 12.6. The van der Waals surface area contributed by atoms with Crippen molar-refractivity contribution >= 4 is 5.82 Å². The Hall–Kier alpha value is -2.32. The number of likely N-dealkylation sites (tertiary alicyclic amines) is 1. The second-order valence-electron chi connectivity index (χ2n) is 7.45. The number of hydrogen-bond donors (Lipinski definition) is 2. The Balaban J connectivity index is 1.61. The Morgan fingerprint density at radius 1 is 1.29 bits per heavy atom. The predicted molar refractivity (Wildman–Crippen MR) is 101 cm³/mol. The van der Waals surface area contributed by atoms with Gasteiger partial charge in [0.25, 0.3) is 0 Å². The molecular formula is C20H24F2N4O2. The van der Waals surface area contributed by atoms with Gasteiger partial charge in [-0.1, -0.05) is 6.92 Å². The molecule has 4 rings (SSSR count). The quantitative estimate of drug-likeness (QED) is 0.756. The second-order valence-corrected chi connectivity index (χ2v) is 7.45. The minimum atomic E-state index is -2.96. The summed E-state index contributed by atoms with van der Waals surface area (Å²) < 4.78 is 29.7. The summed E-state index contributed by atoms with van der Waals surface area (Å²) >= 11 is 0. The van der Waals surface area contributed by atoms with Gasteiger partial charge in [-0.2, -0.15) is 8.78 Å². The van der Waals surface area contributed by atoms with Crippen LogP contribution in [0.2, 0.25) is 0 Å². The lowest BCUT2D eigenvalue weighted by atomic mass is 10.0. The molecule has 1 saturated carbocycles. The highest BCUT2D eigenvalue weighted by Crippen LogP contribution is 2.58. The van der Waals surface area contributed by atoms with E-state index in [9.17, 15) is 8.78 Å². The predicted octanol–water partition coefficient (Wildman–Crippen LogP) is 2.53. The summed E-state index contributed by atoms with van der Waals surface area (Å²) in [4.78, 5) is 10.9. The van der Waals surface area contributed by atoms with Crippen LogP contribution in [-0.4, -0.2) is 52.8 Å². The second kappa shape index (κ2) is 7.60. The number of rotatable bonds is 7. The maximum Gasteiger partial charge on any atom is 0.387 e. The average molecular weight is 390 g/mol. The van der Waals surface area contributed by atoms with Gasteiger partial charge in [0.2, 0.25) is 0 Å². The molecule has 0 spiro atoms. The molecule has 1 aliphatic heterocycles. The third-order valence-corrected chi connectivity index (χ3v) is 5.73. The first-order chi connectivity index (χ1) is 13.5. The monoisotopic (exact) mass is 390 g/mol. The molecule has 1 aliphatic carbocycles. The molecular weight excluding hydrogens is 366 g/mol. The number of fused-ring (bicyclic) bond motifs is 1. The van der Waals surface area contributed by atoms with Crippen LogP contribution in [0.4, 0.5) is 14.6 Å². The summed E-state index contributed by atoms with van der Waals surface area (Å²) in [7, 11) is 0. The first kappa shape index (κ1) is 19.0. The molecule has 28 heavy (non-hydrogen) atoms. The van der Waals surface area contributed by atoms with Crippen LogP contribution in [0.1, 0.15) is 24.1 Å². The van der Waals surface area contributed by atoms with Gasteiger partial charge in [0.05, 0.1) is 12.3 Å². The topological polar surface area (TPSA) is 84.5 Å². The fourth-order valence-corrected chi connectivity index (χ4v) is 4.35. The zero-order chi connectivity index (χ0) is 19.8. The highest BCUT2D eigenvalue weighted by Gasteiger charge is 2.55. The van der Waals surface area contributed by atoms with Crippen LogP contribution < -0.4 is 10.5 Å². The summed E-state index contributed by atoms with van der Waals surface area (Å²) in [5, 5.41) is 9.12. The molecule has 2 aromatic heterocycles. The molecule has 1 unspecified atom stereocenters. The fourth-order valence-electron chi connectivity index (χ4n) is 4.35. The summed E-state index contributed by atoms with van der Waals surface area (Å²) in [5.74, 6) is 1.49. The highest BCUT2D eigenvalue weighted by molar-refractivity contribution is 5.65. The summed E-state index contributed by atoms with van der Waals surface area (Å²) in [5.41, 5.74) is 9.13. The number of ether oxygens (including phenoxy) is 1. The third kappa shape index (κ3) is 3.66. The van der Waals surface area contributed by atoms with Gasteiger partial charge in [-0.05, 0) is 47.9 Å². The number of halogens is 2. The number of pyridine rings is 2. The van der Waals surface area contributed by atoms with Crippen LogP contribution in [0.3, 0.4) is 0 Å². The van der Waals surface area contributed by atoms with Crippen LogP contribution in [0.25, 0.3) is 11.3 Å². The molecule has 3 atom stereocenters. The van der Waals surface area contributed by atoms with Crippen LogP contribution >= 0.6 is 0 Å². The first-order valence-electron chi connectivity index (χ1n) is 9.55. The van der Waals surface area contributed by atoms with Gasteiger partial charge in [-0.15, -0.1) is 0 Å². The zero-order valence-electron chi connectivity index (χ0n) is 15.7. The minimum absolute atomic E-state index is 0.0726. The largest absolute Gasteiger partial charge is 0.431 e. The van der Waals surface area contributed by atoms with E-state index >= 15 is 0 Å². The zero-order valence-corrected chi connectivity index (χ0v) is 15.7. The van der Waals surface area contributed by atoms with E-state index in [0.29, 0.717) is 29.0 Å². The van der Waals surface area contributed by atoms with Crippen LogP contribution in [0.15, 0.2) is 24.4 Å². The van der Waals surface area contributed by atoms with E-state index in [2.05, 4.69) is 25.7 Å².